The Bertz CT molecular complexity index is 1040. The van der Waals surface area contributed by atoms with E-state index in [1.807, 2.05) is 66.7 Å². The van der Waals surface area contributed by atoms with Crippen LogP contribution in [0.4, 0.5) is 13.2 Å². The first-order chi connectivity index (χ1) is 17.1. The lowest BCUT2D eigenvalue weighted by Gasteiger charge is -2.25. The fourth-order valence-corrected chi connectivity index (χ4v) is 3.58. The number of likely N-dealkylation sites (N-methyl/N-ethyl adjacent to an activating group) is 1. The van der Waals surface area contributed by atoms with Crippen molar-refractivity contribution >= 4 is 41.3 Å². The Morgan fingerprint density at radius 3 is 2.08 bits per heavy atom. The number of thiocarbonyl (C=S) groups is 1. The number of hydrogen-bond acceptors (Lipinski definition) is 2. The molecule has 0 radical (unpaired) electrons. The van der Waals surface area contributed by atoms with Gasteiger partial charge in [-0.2, -0.15) is 13.2 Å². The molecule has 0 aromatic heterocycles. The first kappa shape index (κ1) is 34.6. The van der Waals surface area contributed by atoms with Crippen LogP contribution in [0.3, 0.4) is 0 Å². The third kappa shape index (κ3) is 11.3. The van der Waals surface area contributed by atoms with E-state index in [1.54, 1.807) is 19.9 Å². The molecule has 206 valence electrons. The Morgan fingerprint density at radius 1 is 1.03 bits per heavy atom. The van der Waals surface area contributed by atoms with Gasteiger partial charge in [-0.05, 0) is 87.9 Å². The zero-order valence-corrected chi connectivity index (χ0v) is 24.8. The molecule has 0 aliphatic carbocycles. The summed E-state index contributed by atoms with van der Waals surface area (Å²) in [4.78, 5) is 10.8. The average molecular weight is 557 g/mol. The zero-order valence-electron chi connectivity index (χ0n) is 23.2. The van der Waals surface area contributed by atoms with Gasteiger partial charge in [0, 0.05) is 11.6 Å². The highest BCUT2D eigenvalue weighted by atomic mass is 35.5. The smallest absolute Gasteiger partial charge is 0.378 e. The largest absolute Gasteiger partial charge is 0.399 e. The van der Waals surface area contributed by atoms with E-state index in [1.165, 1.54) is 18.2 Å². The molecule has 2 aromatic rings. The van der Waals surface area contributed by atoms with E-state index in [0.29, 0.717) is 16.4 Å². The number of amides is 1. The number of allylic oxidation sites excluding steroid dienone is 1. The summed E-state index contributed by atoms with van der Waals surface area (Å²) in [6, 6.07) is 8.58. The molecule has 2 aromatic carbocycles. The van der Waals surface area contributed by atoms with Gasteiger partial charge in [-0.3, -0.25) is 4.79 Å². The predicted octanol–water partition coefficient (Wildman–Crippen LogP) is 8.41. The molecule has 0 heterocycles. The van der Waals surface area contributed by atoms with Gasteiger partial charge in [0.1, 0.15) is 4.99 Å². The van der Waals surface area contributed by atoms with E-state index >= 15 is 0 Å². The summed E-state index contributed by atoms with van der Waals surface area (Å²) in [6.07, 6.45) is -0.997. The van der Waals surface area contributed by atoms with Crippen LogP contribution in [0, 0.1) is 27.7 Å². The Morgan fingerprint density at radius 2 is 1.62 bits per heavy atom. The molecule has 1 atom stereocenters. The monoisotopic (exact) mass is 556 g/mol. The molecule has 0 aliphatic heterocycles. The van der Waals surface area contributed by atoms with Crippen LogP contribution in [0.25, 0.3) is 6.08 Å². The van der Waals surface area contributed by atoms with E-state index < -0.39 is 17.6 Å². The van der Waals surface area contributed by atoms with E-state index in [0.717, 1.165) is 34.4 Å². The number of rotatable bonds is 7. The minimum absolute atomic E-state index is 0.163. The second-order valence-corrected chi connectivity index (χ2v) is 9.73. The van der Waals surface area contributed by atoms with Crippen molar-refractivity contribution < 1.29 is 18.0 Å². The molecule has 0 spiro atoms. The van der Waals surface area contributed by atoms with Crippen molar-refractivity contribution in [2.75, 3.05) is 6.54 Å². The normalized spacial score (nSPS) is 12.0. The van der Waals surface area contributed by atoms with Gasteiger partial charge in [0.05, 0.1) is 11.5 Å². The Hall–Kier alpha value is -2.38. The molecule has 2 N–H and O–H groups in total. The van der Waals surface area contributed by atoms with Crippen molar-refractivity contribution in [1.29, 1.82) is 0 Å². The highest BCUT2D eigenvalue weighted by Crippen LogP contribution is 2.38. The van der Waals surface area contributed by atoms with Crippen LogP contribution in [0.1, 0.15) is 73.9 Å². The fourth-order valence-electron chi connectivity index (χ4n) is 3.10. The topological polar surface area (TPSA) is 41.1 Å². The minimum Gasteiger partial charge on any atom is -0.378 e. The Labute approximate surface area is 230 Å². The first-order valence-corrected chi connectivity index (χ1v) is 13.0. The molecule has 0 saturated heterocycles. The lowest BCUT2D eigenvalue weighted by atomic mass is 9.93. The first-order valence-electron chi connectivity index (χ1n) is 12.2. The Balaban J connectivity index is 0.000000841. The summed E-state index contributed by atoms with van der Waals surface area (Å²) in [5, 5.41) is 5.96. The number of alkyl halides is 3. The molecule has 0 saturated carbocycles. The standard InChI is InChI=1S/C20H20ClF3.C7H14N2OS.C2H6/c1-12-5-6-16(9-13(12)2)7-8-18(20(22,23)24)17-10-14(3)15(4)19(21)11-17;1-4-8-6(11)7(2,3)9-5-10;1-2/h5-11,18H,1-4H3;5H,4H2,1-3H3,(H,8,11)(H,9,10);1-2H3/b8-7+;;. The molecule has 2 rings (SSSR count). The predicted molar refractivity (Wildman–Crippen MR) is 156 cm³/mol. The van der Waals surface area contributed by atoms with Gasteiger partial charge in [-0.1, -0.05) is 74.1 Å². The maximum absolute atomic E-state index is 13.5. The van der Waals surface area contributed by atoms with Crippen LogP contribution in [-0.2, 0) is 4.79 Å². The van der Waals surface area contributed by atoms with Crippen LogP contribution in [-0.4, -0.2) is 29.7 Å². The summed E-state index contributed by atoms with van der Waals surface area (Å²) in [5.74, 6) is -1.68. The van der Waals surface area contributed by atoms with Crippen LogP contribution in [0.2, 0.25) is 5.02 Å². The zero-order chi connectivity index (χ0) is 29.0. The molecule has 0 bridgehead atoms. The number of carbonyl (C=O) groups is 1. The number of nitrogens with one attached hydrogen (secondary N) is 2. The van der Waals surface area contributed by atoms with Gasteiger partial charge in [0.2, 0.25) is 6.41 Å². The van der Waals surface area contributed by atoms with Crippen LogP contribution in [0.15, 0.2) is 36.4 Å². The third-order valence-corrected chi connectivity index (χ3v) is 6.72. The number of aryl methyl sites for hydroxylation is 3. The molecule has 1 unspecified atom stereocenters. The minimum atomic E-state index is -4.37. The summed E-state index contributed by atoms with van der Waals surface area (Å²) in [5.41, 5.74) is 4.20. The summed E-state index contributed by atoms with van der Waals surface area (Å²) < 4.78 is 40.6. The quantitative estimate of drug-likeness (QED) is 0.266. The second kappa shape index (κ2) is 15.8. The number of carbonyl (C=O) groups excluding carboxylic acids is 1. The fraction of sp³-hybridized carbons (Fsp3) is 0.448. The highest BCUT2D eigenvalue weighted by molar-refractivity contribution is 7.80. The van der Waals surface area contributed by atoms with Crippen molar-refractivity contribution in [2.45, 2.75) is 79.9 Å². The maximum atomic E-state index is 13.5. The van der Waals surface area contributed by atoms with Crippen molar-refractivity contribution in [2.24, 2.45) is 0 Å². The van der Waals surface area contributed by atoms with Crippen molar-refractivity contribution in [1.82, 2.24) is 10.6 Å². The molecule has 8 heteroatoms. The summed E-state index contributed by atoms with van der Waals surface area (Å²) in [7, 11) is 0. The molecule has 0 fully saturated rings. The van der Waals surface area contributed by atoms with Gasteiger partial charge in [-0.25, -0.2) is 0 Å². The molecule has 37 heavy (non-hydrogen) atoms. The van der Waals surface area contributed by atoms with Crippen molar-refractivity contribution in [3.8, 4) is 0 Å². The van der Waals surface area contributed by atoms with E-state index in [2.05, 4.69) is 10.6 Å². The molecule has 1 amide bonds. The summed E-state index contributed by atoms with van der Waals surface area (Å²) in [6.45, 7) is 17.9. The lowest BCUT2D eigenvalue weighted by Crippen LogP contribution is -2.50. The number of benzene rings is 2. The van der Waals surface area contributed by atoms with E-state index in [-0.39, 0.29) is 5.56 Å². The van der Waals surface area contributed by atoms with Gasteiger partial charge in [0.25, 0.3) is 0 Å². The SMILES string of the molecule is CC.CCNC(=S)C(C)(C)NC=O.Cc1ccc(/C=C/C(c2cc(C)c(C)c(Cl)c2)C(F)(F)F)cc1C. The average Bonchev–Trinajstić information content (AvgIpc) is 2.81. The Kier molecular flexibility index (Phi) is 14.8. The maximum Gasteiger partial charge on any atom is 0.399 e. The van der Waals surface area contributed by atoms with Gasteiger partial charge < -0.3 is 10.6 Å². The van der Waals surface area contributed by atoms with Gasteiger partial charge in [0.15, 0.2) is 0 Å². The molecule has 3 nitrogen and oxygen atoms in total. The summed E-state index contributed by atoms with van der Waals surface area (Å²) >= 11 is 11.1. The molecule has 0 aliphatic rings. The van der Waals surface area contributed by atoms with Crippen molar-refractivity contribution in [3.05, 3.63) is 74.8 Å². The number of hydrogen-bond donors (Lipinski definition) is 2. The number of halogens is 4. The lowest BCUT2D eigenvalue weighted by molar-refractivity contribution is -0.139. The van der Waals surface area contributed by atoms with Gasteiger partial charge >= 0.3 is 6.18 Å². The van der Waals surface area contributed by atoms with Crippen LogP contribution < -0.4 is 10.6 Å². The van der Waals surface area contributed by atoms with Crippen LogP contribution >= 0.6 is 23.8 Å². The van der Waals surface area contributed by atoms with Gasteiger partial charge in [-0.15, -0.1) is 0 Å². The molecular formula is C29H40ClF3N2OS. The van der Waals surface area contributed by atoms with E-state index in [9.17, 15) is 18.0 Å². The molecular weight excluding hydrogens is 517 g/mol. The highest BCUT2D eigenvalue weighted by Gasteiger charge is 2.39. The second-order valence-electron chi connectivity index (χ2n) is 8.91. The van der Waals surface area contributed by atoms with Crippen LogP contribution in [0.5, 0.6) is 0 Å². The third-order valence-electron chi connectivity index (χ3n) is 5.67. The van der Waals surface area contributed by atoms with E-state index in [4.69, 9.17) is 23.8 Å². The van der Waals surface area contributed by atoms with Crippen molar-refractivity contribution in [3.63, 3.8) is 0 Å².